The highest BCUT2D eigenvalue weighted by atomic mass is 32.1. The Morgan fingerprint density at radius 2 is 1.97 bits per heavy atom. The molecule has 0 spiro atoms. The van der Waals surface area contributed by atoms with Crippen LogP contribution >= 0.6 is 11.3 Å². The van der Waals surface area contributed by atoms with Crippen molar-refractivity contribution in [3.8, 4) is 11.5 Å². The highest BCUT2D eigenvalue weighted by Gasteiger charge is 2.21. The molecule has 0 radical (unpaired) electrons. The molecule has 0 aliphatic heterocycles. The molecule has 2 aromatic carbocycles. The van der Waals surface area contributed by atoms with Crippen molar-refractivity contribution >= 4 is 44.5 Å². The van der Waals surface area contributed by atoms with Gasteiger partial charge in [0.15, 0.2) is 0 Å². The van der Waals surface area contributed by atoms with Gasteiger partial charge in [0.25, 0.3) is 5.91 Å². The Morgan fingerprint density at radius 1 is 1.14 bits per heavy atom. The van der Waals surface area contributed by atoms with Gasteiger partial charge in [0.2, 0.25) is 0 Å². The molecule has 0 bridgehead atoms. The van der Waals surface area contributed by atoms with E-state index >= 15 is 0 Å². The summed E-state index contributed by atoms with van der Waals surface area (Å²) in [4.78, 5) is 12.7. The van der Waals surface area contributed by atoms with Crippen LogP contribution in [0, 0.1) is 0 Å². The van der Waals surface area contributed by atoms with Gasteiger partial charge in [-0.3, -0.25) is 4.79 Å². The lowest BCUT2D eigenvalue weighted by atomic mass is 9.94. The Labute approximate surface area is 170 Å². The summed E-state index contributed by atoms with van der Waals surface area (Å²) < 4.78 is 6.77. The predicted octanol–water partition coefficient (Wildman–Crippen LogP) is 4.70. The number of phenols is 1. The molecule has 2 aromatic heterocycles. The highest BCUT2D eigenvalue weighted by molar-refractivity contribution is 7.21. The van der Waals surface area contributed by atoms with Crippen molar-refractivity contribution in [1.82, 2.24) is 5.43 Å². The van der Waals surface area contributed by atoms with Crippen molar-refractivity contribution in [1.29, 1.82) is 0 Å². The molecule has 2 heterocycles. The minimum Gasteiger partial charge on any atom is -0.507 e. The lowest BCUT2D eigenvalue weighted by Gasteiger charge is -2.09. The summed E-state index contributed by atoms with van der Waals surface area (Å²) in [5.41, 5.74) is 4.80. The summed E-state index contributed by atoms with van der Waals surface area (Å²) in [5.74, 6) is 0.494. The maximum Gasteiger partial charge on any atom is 0.285 e. The number of benzene rings is 2. The standard InChI is InChI=1S/C22H18N2O4S/c25-15-9-10-17-19(12-5-1-3-7-16(12)28-17)14(15)11-23-24-22(27)21-20(26)13-6-2-4-8-18(13)29-21/h2,4,6,8-11,25-26H,1,3,5,7H2,(H,24,27)/b23-11+. The third kappa shape index (κ3) is 2.94. The Morgan fingerprint density at radius 3 is 2.83 bits per heavy atom. The topological polar surface area (TPSA) is 95.1 Å². The molecule has 7 heteroatoms. The number of rotatable bonds is 3. The average Bonchev–Trinajstić information content (AvgIpc) is 3.28. The quantitative estimate of drug-likeness (QED) is 0.339. The number of fused-ring (bicyclic) bond motifs is 4. The molecular formula is C22H18N2O4S. The minimum absolute atomic E-state index is 0.0489. The maximum atomic E-state index is 12.5. The number of hydrogen-bond acceptors (Lipinski definition) is 6. The fourth-order valence-electron chi connectivity index (χ4n) is 3.89. The fraction of sp³-hybridized carbons (Fsp3) is 0.182. The first-order valence-corrected chi connectivity index (χ1v) is 10.2. The molecule has 0 fully saturated rings. The van der Waals surface area contributed by atoms with E-state index in [9.17, 15) is 15.0 Å². The number of carbonyl (C=O) groups is 1. The monoisotopic (exact) mass is 406 g/mol. The van der Waals surface area contributed by atoms with Crippen LogP contribution in [-0.2, 0) is 12.8 Å². The van der Waals surface area contributed by atoms with Gasteiger partial charge in [-0.1, -0.05) is 12.1 Å². The fourth-order valence-corrected chi connectivity index (χ4v) is 4.88. The zero-order valence-corrected chi connectivity index (χ0v) is 16.3. The van der Waals surface area contributed by atoms with E-state index in [1.807, 2.05) is 18.2 Å². The van der Waals surface area contributed by atoms with Crippen LogP contribution in [-0.4, -0.2) is 22.3 Å². The lowest BCUT2D eigenvalue weighted by molar-refractivity contribution is 0.0957. The number of aryl methyl sites for hydroxylation is 2. The third-order valence-corrected chi connectivity index (χ3v) is 6.43. The van der Waals surface area contributed by atoms with E-state index in [2.05, 4.69) is 10.5 Å². The van der Waals surface area contributed by atoms with E-state index in [4.69, 9.17) is 4.42 Å². The first-order chi connectivity index (χ1) is 14.1. The zero-order valence-electron chi connectivity index (χ0n) is 15.4. The smallest absolute Gasteiger partial charge is 0.285 e. The number of furan rings is 1. The molecule has 6 nitrogen and oxygen atoms in total. The van der Waals surface area contributed by atoms with Crippen molar-refractivity contribution in [3.05, 3.63) is 58.2 Å². The Bertz CT molecular complexity index is 1290. The molecule has 1 aliphatic carbocycles. The Hall–Kier alpha value is -3.32. The molecule has 0 atom stereocenters. The number of hydrogen-bond donors (Lipinski definition) is 3. The average molecular weight is 406 g/mol. The molecule has 146 valence electrons. The first kappa shape index (κ1) is 17.8. The number of hydrazone groups is 1. The third-order valence-electron chi connectivity index (χ3n) is 5.27. The molecule has 0 unspecified atom stereocenters. The van der Waals surface area contributed by atoms with Gasteiger partial charge in [-0.15, -0.1) is 11.3 Å². The van der Waals surface area contributed by atoms with Gasteiger partial charge in [-0.2, -0.15) is 5.10 Å². The van der Waals surface area contributed by atoms with Gasteiger partial charge < -0.3 is 14.6 Å². The SMILES string of the molecule is O=C(N/N=C/c1c(O)ccc2oc3c(c12)CCCC3)c1sc2ccccc2c1O. The number of carbonyl (C=O) groups excluding carboxylic acids is 1. The lowest BCUT2D eigenvalue weighted by Crippen LogP contribution is -2.16. The van der Waals surface area contributed by atoms with Crippen LogP contribution in [0.15, 0.2) is 45.9 Å². The van der Waals surface area contributed by atoms with E-state index < -0.39 is 5.91 Å². The van der Waals surface area contributed by atoms with Crippen LogP contribution < -0.4 is 5.43 Å². The van der Waals surface area contributed by atoms with Gasteiger partial charge in [0, 0.05) is 33.0 Å². The van der Waals surface area contributed by atoms with Crippen LogP contribution in [0.1, 0.15) is 39.4 Å². The van der Waals surface area contributed by atoms with Crippen molar-refractivity contribution in [2.24, 2.45) is 5.10 Å². The van der Waals surface area contributed by atoms with E-state index in [0.29, 0.717) is 16.5 Å². The Kier molecular flexibility index (Phi) is 4.24. The second-order valence-electron chi connectivity index (χ2n) is 7.06. The van der Waals surface area contributed by atoms with Gasteiger partial charge >= 0.3 is 0 Å². The zero-order chi connectivity index (χ0) is 20.0. The molecular weight excluding hydrogens is 388 g/mol. The number of nitrogens with one attached hydrogen (secondary N) is 1. The van der Waals surface area contributed by atoms with Gasteiger partial charge in [-0.05, 0) is 43.5 Å². The molecule has 3 N–H and O–H groups in total. The van der Waals surface area contributed by atoms with Crippen molar-refractivity contribution < 1.29 is 19.4 Å². The van der Waals surface area contributed by atoms with E-state index in [-0.39, 0.29) is 16.4 Å². The van der Waals surface area contributed by atoms with Crippen LogP contribution in [0.2, 0.25) is 0 Å². The minimum atomic E-state index is -0.499. The van der Waals surface area contributed by atoms with Crippen LogP contribution in [0.25, 0.3) is 21.1 Å². The van der Waals surface area contributed by atoms with Gasteiger partial charge in [0.1, 0.15) is 27.7 Å². The van der Waals surface area contributed by atoms with Gasteiger partial charge in [-0.25, -0.2) is 5.43 Å². The number of phenolic OH excluding ortho intramolecular Hbond substituents is 1. The molecule has 4 aromatic rings. The number of nitrogens with zero attached hydrogens (tertiary/aromatic N) is 1. The predicted molar refractivity (Wildman–Crippen MR) is 113 cm³/mol. The second kappa shape index (κ2) is 6.93. The summed E-state index contributed by atoms with van der Waals surface area (Å²) in [6.45, 7) is 0. The normalized spacial score (nSPS) is 13.9. The molecule has 29 heavy (non-hydrogen) atoms. The second-order valence-corrected chi connectivity index (χ2v) is 8.11. The summed E-state index contributed by atoms with van der Waals surface area (Å²) in [7, 11) is 0. The maximum absolute atomic E-state index is 12.5. The first-order valence-electron chi connectivity index (χ1n) is 9.43. The van der Waals surface area contributed by atoms with E-state index in [1.54, 1.807) is 18.2 Å². The van der Waals surface area contributed by atoms with Gasteiger partial charge in [0.05, 0.1) is 6.21 Å². The van der Waals surface area contributed by atoms with E-state index in [0.717, 1.165) is 47.1 Å². The number of aromatic hydroxyl groups is 2. The molecule has 1 aliphatic rings. The van der Waals surface area contributed by atoms with Crippen LogP contribution in [0.5, 0.6) is 11.5 Å². The summed E-state index contributed by atoms with van der Waals surface area (Å²) in [6, 6.07) is 10.6. The largest absolute Gasteiger partial charge is 0.507 e. The van der Waals surface area contributed by atoms with Crippen molar-refractivity contribution in [2.75, 3.05) is 0 Å². The number of thiophene rings is 1. The Balaban J connectivity index is 1.46. The molecule has 0 saturated carbocycles. The molecule has 0 saturated heterocycles. The van der Waals surface area contributed by atoms with Crippen molar-refractivity contribution in [2.45, 2.75) is 25.7 Å². The summed E-state index contributed by atoms with van der Waals surface area (Å²) in [5, 5.41) is 26.2. The summed E-state index contributed by atoms with van der Waals surface area (Å²) in [6.07, 6.45) is 5.40. The van der Waals surface area contributed by atoms with Crippen LogP contribution in [0.4, 0.5) is 0 Å². The molecule has 5 rings (SSSR count). The highest BCUT2D eigenvalue weighted by Crippen LogP contribution is 2.37. The van der Waals surface area contributed by atoms with Crippen LogP contribution in [0.3, 0.4) is 0 Å². The van der Waals surface area contributed by atoms with Crippen molar-refractivity contribution in [3.63, 3.8) is 0 Å². The summed E-state index contributed by atoms with van der Waals surface area (Å²) >= 11 is 1.20. The molecule has 1 amide bonds. The number of amides is 1. The van der Waals surface area contributed by atoms with E-state index in [1.165, 1.54) is 17.6 Å².